The van der Waals surface area contributed by atoms with Gasteiger partial charge in [0.05, 0.1) is 5.56 Å². The minimum Gasteiger partial charge on any atom is -0.339 e. The molecular formula is C24H21F4N3S. The molecule has 0 saturated carbocycles. The van der Waals surface area contributed by atoms with Crippen LogP contribution in [0.1, 0.15) is 16.7 Å². The van der Waals surface area contributed by atoms with Gasteiger partial charge in [-0.2, -0.15) is 13.2 Å². The largest absolute Gasteiger partial charge is 0.418 e. The molecule has 4 aromatic rings. The number of aryl methyl sites for hydroxylation is 2. The molecule has 0 aliphatic carbocycles. The number of anilines is 1. The third kappa shape index (κ3) is 4.46. The maximum atomic E-state index is 13.8. The number of rotatable bonds is 6. The zero-order valence-electron chi connectivity index (χ0n) is 17.5. The molecule has 0 amide bonds. The standard InChI is InChI=1S/C24H21F4N3S/c1-31(32-2)22-6-4-3-5-16(22)9-12-18-19-13-21(15-7-10-17(25)11-8-15)30-23(19)29-14-20(18)24(26,27)28/h3-8,10-11,13-14H,9,12H2,1-2H3,(H,29,30). The van der Waals surface area contributed by atoms with Gasteiger partial charge in [-0.1, -0.05) is 30.1 Å². The van der Waals surface area contributed by atoms with Crippen LogP contribution in [0, 0.1) is 5.82 Å². The van der Waals surface area contributed by atoms with Crippen molar-refractivity contribution in [2.75, 3.05) is 17.6 Å². The molecular weight excluding hydrogens is 438 g/mol. The molecule has 0 fully saturated rings. The average Bonchev–Trinajstić information content (AvgIpc) is 3.21. The number of pyridine rings is 1. The molecule has 0 unspecified atom stereocenters. The Hall–Kier alpha value is -3.00. The van der Waals surface area contributed by atoms with Crippen LogP contribution in [0.15, 0.2) is 60.8 Å². The number of para-hydroxylation sites is 1. The number of aromatic nitrogens is 2. The molecule has 0 aliphatic heterocycles. The lowest BCUT2D eigenvalue weighted by Gasteiger charge is -2.20. The maximum absolute atomic E-state index is 13.8. The molecule has 2 aromatic heterocycles. The monoisotopic (exact) mass is 459 g/mol. The van der Waals surface area contributed by atoms with E-state index in [0.717, 1.165) is 17.4 Å². The van der Waals surface area contributed by atoms with Crippen LogP contribution in [-0.2, 0) is 19.0 Å². The first-order valence-corrected chi connectivity index (χ1v) is 11.2. The van der Waals surface area contributed by atoms with Crippen LogP contribution in [0.2, 0.25) is 0 Å². The van der Waals surface area contributed by atoms with Gasteiger partial charge in [-0.25, -0.2) is 9.37 Å². The van der Waals surface area contributed by atoms with Gasteiger partial charge in [-0.15, -0.1) is 0 Å². The van der Waals surface area contributed by atoms with Crippen LogP contribution >= 0.6 is 11.9 Å². The molecule has 0 spiro atoms. The third-order valence-corrected chi connectivity index (χ3v) is 6.22. The summed E-state index contributed by atoms with van der Waals surface area (Å²) in [7, 11) is 1.93. The topological polar surface area (TPSA) is 31.9 Å². The second-order valence-electron chi connectivity index (χ2n) is 7.41. The van der Waals surface area contributed by atoms with Crippen molar-refractivity contribution >= 4 is 28.7 Å². The summed E-state index contributed by atoms with van der Waals surface area (Å²) < 4.78 is 56.8. The van der Waals surface area contributed by atoms with Crippen molar-refractivity contribution < 1.29 is 17.6 Å². The number of nitrogens with one attached hydrogen (secondary N) is 1. The summed E-state index contributed by atoms with van der Waals surface area (Å²) in [6, 6.07) is 15.2. The second kappa shape index (κ2) is 8.86. The summed E-state index contributed by atoms with van der Waals surface area (Å²) in [6.45, 7) is 0. The Labute approximate surface area is 187 Å². The normalized spacial score (nSPS) is 11.8. The number of H-pyrrole nitrogens is 1. The fourth-order valence-electron chi connectivity index (χ4n) is 3.81. The molecule has 0 radical (unpaired) electrons. The predicted octanol–water partition coefficient (Wildman–Crippen LogP) is 6.89. The van der Waals surface area contributed by atoms with Gasteiger partial charge >= 0.3 is 6.18 Å². The van der Waals surface area contributed by atoms with Crippen molar-refractivity contribution in [2.45, 2.75) is 19.0 Å². The van der Waals surface area contributed by atoms with E-state index in [2.05, 4.69) is 9.97 Å². The molecule has 4 rings (SSSR count). The van der Waals surface area contributed by atoms with Crippen LogP contribution in [0.25, 0.3) is 22.3 Å². The number of benzene rings is 2. The third-order valence-electron chi connectivity index (χ3n) is 5.48. The Morgan fingerprint density at radius 2 is 1.75 bits per heavy atom. The quantitative estimate of drug-likeness (QED) is 0.252. The zero-order valence-corrected chi connectivity index (χ0v) is 18.3. The lowest BCUT2D eigenvalue weighted by atomic mass is 9.97. The number of hydrogen-bond acceptors (Lipinski definition) is 3. The predicted molar refractivity (Wildman–Crippen MR) is 122 cm³/mol. The first kappa shape index (κ1) is 22.2. The zero-order chi connectivity index (χ0) is 22.9. The molecule has 32 heavy (non-hydrogen) atoms. The van der Waals surface area contributed by atoms with Crippen LogP contribution < -0.4 is 4.31 Å². The molecule has 2 heterocycles. The minimum absolute atomic E-state index is 0.202. The van der Waals surface area contributed by atoms with E-state index >= 15 is 0 Å². The minimum atomic E-state index is -4.51. The molecule has 1 N–H and O–H groups in total. The highest BCUT2D eigenvalue weighted by Gasteiger charge is 2.35. The van der Waals surface area contributed by atoms with Gasteiger partial charge in [0.15, 0.2) is 0 Å². The smallest absolute Gasteiger partial charge is 0.339 e. The van der Waals surface area contributed by atoms with Gasteiger partial charge in [0.2, 0.25) is 0 Å². The van der Waals surface area contributed by atoms with Crippen molar-refractivity contribution in [1.82, 2.24) is 9.97 Å². The Kier molecular flexibility index (Phi) is 6.15. The first-order chi connectivity index (χ1) is 15.3. The summed E-state index contributed by atoms with van der Waals surface area (Å²) in [4.78, 5) is 7.10. The van der Waals surface area contributed by atoms with E-state index in [4.69, 9.17) is 0 Å². The van der Waals surface area contributed by atoms with Gasteiger partial charge in [-0.05, 0) is 65.9 Å². The van der Waals surface area contributed by atoms with E-state index in [-0.39, 0.29) is 17.8 Å². The van der Waals surface area contributed by atoms with Gasteiger partial charge < -0.3 is 9.29 Å². The van der Waals surface area contributed by atoms with Crippen molar-refractivity contribution in [2.24, 2.45) is 0 Å². The number of alkyl halides is 3. The highest BCUT2D eigenvalue weighted by atomic mass is 32.2. The first-order valence-electron chi connectivity index (χ1n) is 9.97. The lowest BCUT2D eigenvalue weighted by Crippen LogP contribution is -2.12. The summed E-state index contributed by atoms with van der Waals surface area (Å²) in [6.07, 6.45) is -1.03. The number of hydrogen-bond donors (Lipinski definition) is 1. The maximum Gasteiger partial charge on any atom is 0.418 e. The van der Waals surface area contributed by atoms with Gasteiger partial charge in [-0.3, -0.25) is 0 Å². The summed E-state index contributed by atoms with van der Waals surface area (Å²) in [5.74, 6) is -0.378. The molecule has 3 nitrogen and oxygen atoms in total. The van der Waals surface area contributed by atoms with Crippen LogP contribution in [0.3, 0.4) is 0 Å². The summed E-state index contributed by atoms with van der Waals surface area (Å²) >= 11 is 1.54. The molecule has 166 valence electrons. The molecule has 0 atom stereocenters. The molecule has 0 bridgehead atoms. The van der Waals surface area contributed by atoms with E-state index < -0.39 is 11.7 Å². The molecule has 0 aliphatic rings. The molecule has 8 heteroatoms. The summed E-state index contributed by atoms with van der Waals surface area (Å²) in [5, 5.41) is 0.426. The number of aromatic amines is 1. The fourth-order valence-corrected chi connectivity index (χ4v) is 4.19. The number of fused-ring (bicyclic) bond motifs is 1. The average molecular weight is 460 g/mol. The Morgan fingerprint density at radius 1 is 1.03 bits per heavy atom. The number of nitrogens with zero attached hydrogens (tertiary/aromatic N) is 2. The van der Waals surface area contributed by atoms with Crippen LogP contribution in [-0.4, -0.2) is 23.3 Å². The van der Waals surface area contributed by atoms with E-state index in [1.807, 2.05) is 41.9 Å². The van der Waals surface area contributed by atoms with Crippen molar-refractivity contribution in [3.63, 3.8) is 0 Å². The highest BCUT2D eigenvalue weighted by Crippen LogP contribution is 2.37. The van der Waals surface area contributed by atoms with Crippen molar-refractivity contribution in [3.05, 3.63) is 83.3 Å². The SMILES string of the molecule is CSN(C)c1ccccc1CCc1c(C(F)(F)F)cnc2[nH]c(-c3ccc(F)cc3)cc12. The van der Waals surface area contributed by atoms with Crippen molar-refractivity contribution in [3.8, 4) is 11.3 Å². The van der Waals surface area contributed by atoms with Gasteiger partial charge in [0.1, 0.15) is 11.5 Å². The Morgan fingerprint density at radius 3 is 2.44 bits per heavy atom. The highest BCUT2D eigenvalue weighted by molar-refractivity contribution is 7.99. The van der Waals surface area contributed by atoms with Gasteiger partial charge in [0, 0.05) is 36.3 Å². The van der Waals surface area contributed by atoms with Crippen molar-refractivity contribution in [1.29, 1.82) is 0 Å². The Bertz CT molecular complexity index is 1230. The summed E-state index contributed by atoms with van der Waals surface area (Å²) in [5.41, 5.74) is 3.06. The van der Waals surface area contributed by atoms with E-state index in [1.54, 1.807) is 18.2 Å². The van der Waals surface area contributed by atoms with Gasteiger partial charge in [0.25, 0.3) is 0 Å². The molecule has 0 saturated heterocycles. The van der Waals surface area contributed by atoms with E-state index in [0.29, 0.717) is 28.7 Å². The second-order valence-corrected chi connectivity index (χ2v) is 8.32. The lowest BCUT2D eigenvalue weighted by molar-refractivity contribution is -0.138. The fraction of sp³-hybridized carbons (Fsp3) is 0.208. The van der Waals surface area contributed by atoms with E-state index in [9.17, 15) is 17.6 Å². The molecule has 2 aromatic carbocycles. The number of halogens is 4. The Balaban J connectivity index is 1.77. The van der Waals surface area contributed by atoms with Crippen LogP contribution in [0.5, 0.6) is 0 Å². The van der Waals surface area contributed by atoms with Crippen LogP contribution in [0.4, 0.5) is 23.2 Å². The van der Waals surface area contributed by atoms with E-state index in [1.165, 1.54) is 24.1 Å².